The van der Waals surface area contributed by atoms with Gasteiger partial charge in [0.25, 0.3) is 0 Å². The Balaban J connectivity index is 1.98. The molecule has 1 aliphatic heterocycles. The molecule has 3 heteroatoms. The van der Waals surface area contributed by atoms with Gasteiger partial charge in [-0.15, -0.1) is 0 Å². The molecular weight excluding hydrogens is 212 g/mol. The van der Waals surface area contributed by atoms with Crippen molar-refractivity contribution < 1.29 is 5.11 Å². The monoisotopic (exact) mass is 234 g/mol. The highest BCUT2D eigenvalue weighted by Gasteiger charge is 2.23. The van der Waals surface area contributed by atoms with Gasteiger partial charge in [-0.05, 0) is 32.4 Å². The van der Waals surface area contributed by atoms with E-state index < -0.39 is 0 Å². The van der Waals surface area contributed by atoms with Crippen molar-refractivity contribution in [3.05, 3.63) is 29.8 Å². The fraction of sp³-hybridized carbons (Fsp3) is 0.571. The Morgan fingerprint density at radius 2 is 2.06 bits per heavy atom. The Bertz CT molecular complexity index is 350. The minimum Gasteiger partial charge on any atom is -0.392 e. The summed E-state index contributed by atoms with van der Waals surface area (Å²) in [6.07, 6.45) is 0.694. The third-order valence-electron chi connectivity index (χ3n) is 3.42. The molecule has 1 aromatic carbocycles. The molecule has 0 aliphatic carbocycles. The van der Waals surface area contributed by atoms with Crippen LogP contribution in [0.3, 0.4) is 0 Å². The second kappa shape index (κ2) is 5.52. The van der Waals surface area contributed by atoms with E-state index in [0.717, 1.165) is 26.1 Å². The molecule has 3 nitrogen and oxygen atoms in total. The van der Waals surface area contributed by atoms with Crippen LogP contribution in [0.25, 0.3) is 0 Å². The number of benzene rings is 1. The molecule has 2 atom stereocenters. The maximum absolute atomic E-state index is 9.51. The Hall–Kier alpha value is -1.06. The topological polar surface area (TPSA) is 35.5 Å². The largest absolute Gasteiger partial charge is 0.392 e. The molecule has 1 saturated heterocycles. The fourth-order valence-electron chi connectivity index (χ4n) is 2.38. The number of β-amino-alcohol motifs (C(OH)–C–C–N with tert-alkyl or cyclic N) is 1. The molecule has 1 fully saturated rings. The number of aliphatic hydroxyl groups is 1. The summed E-state index contributed by atoms with van der Waals surface area (Å²) in [5, 5.41) is 12.9. The van der Waals surface area contributed by atoms with E-state index in [1.165, 1.54) is 11.3 Å². The molecule has 1 aromatic rings. The van der Waals surface area contributed by atoms with E-state index in [1.807, 2.05) is 0 Å². The lowest BCUT2D eigenvalue weighted by molar-refractivity contribution is 0.193. The lowest BCUT2D eigenvalue weighted by Gasteiger charge is -2.26. The highest BCUT2D eigenvalue weighted by Crippen LogP contribution is 2.17. The van der Waals surface area contributed by atoms with Crippen LogP contribution in [-0.4, -0.2) is 36.9 Å². The summed E-state index contributed by atoms with van der Waals surface area (Å²) in [6.45, 7) is 6.98. The van der Waals surface area contributed by atoms with Crippen LogP contribution in [0.15, 0.2) is 24.3 Å². The average molecular weight is 234 g/mol. The summed E-state index contributed by atoms with van der Waals surface area (Å²) >= 11 is 0. The van der Waals surface area contributed by atoms with Crippen LogP contribution in [0.1, 0.15) is 18.9 Å². The minimum atomic E-state index is -0.170. The van der Waals surface area contributed by atoms with Crippen LogP contribution in [-0.2, 0) is 0 Å². The van der Waals surface area contributed by atoms with Gasteiger partial charge in [-0.25, -0.2) is 0 Å². The number of nitrogens with zero attached hydrogens (tertiary/aromatic N) is 1. The number of likely N-dealkylation sites (N-methyl/N-ethyl adjacent to an activating group) is 1. The van der Waals surface area contributed by atoms with Crippen molar-refractivity contribution in [1.29, 1.82) is 0 Å². The van der Waals surface area contributed by atoms with Crippen LogP contribution in [0, 0.1) is 6.92 Å². The Kier molecular flexibility index (Phi) is 4.02. The minimum absolute atomic E-state index is 0.170. The molecule has 94 valence electrons. The van der Waals surface area contributed by atoms with Gasteiger partial charge in [-0.1, -0.05) is 17.7 Å². The van der Waals surface area contributed by atoms with Crippen LogP contribution in [0.4, 0.5) is 5.69 Å². The molecule has 0 bridgehead atoms. The maximum atomic E-state index is 9.51. The standard InChI is InChI=1S/C14H22N2O/c1-3-16(10-12-8-14(17)9-15-12)13-6-4-11(2)5-7-13/h4-7,12,14-15,17H,3,8-10H2,1-2H3. The van der Waals surface area contributed by atoms with E-state index in [1.54, 1.807) is 0 Å². The molecule has 2 N–H and O–H groups in total. The molecule has 0 radical (unpaired) electrons. The summed E-state index contributed by atoms with van der Waals surface area (Å²) in [5.41, 5.74) is 2.56. The normalized spacial score (nSPS) is 23.9. The van der Waals surface area contributed by atoms with Gasteiger partial charge in [-0.2, -0.15) is 0 Å². The number of nitrogens with one attached hydrogen (secondary N) is 1. The van der Waals surface area contributed by atoms with E-state index in [4.69, 9.17) is 0 Å². The Morgan fingerprint density at radius 3 is 2.59 bits per heavy atom. The summed E-state index contributed by atoms with van der Waals surface area (Å²) in [6, 6.07) is 9.05. The van der Waals surface area contributed by atoms with Crippen molar-refractivity contribution >= 4 is 5.69 Å². The maximum Gasteiger partial charge on any atom is 0.0680 e. The third kappa shape index (κ3) is 3.20. The molecule has 1 heterocycles. The van der Waals surface area contributed by atoms with Gasteiger partial charge in [0.15, 0.2) is 0 Å². The van der Waals surface area contributed by atoms with E-state index in [2.05, 4.69) is 48.3 Å². The summed E-state index contributed by atoms with van der Waals surface area (Å²) in [5.74, 6) is 0. The van der Waals surface area contributed by atoms with Crippen LogP contribution in [0.5, 0.6) is 0 Å². The molecule has 0 aromatic heterocycles. The predicted octanol–water partition coefficient (Wildman–Crippen LogP) is 1.54. The van der Waals surface area contributed by atoms with E-state index in [9.17, 15) is 5.11 Å². The first kappa shape index (κ1) is 12.4. The van der Waals surface area contributed by atoms with E-state index in [-0.39, 0.29) is 6.10 Å². The van der Waals surface area contributed by atoms with Crippen molar-refractivity contribution in [3.63, 3.8) is 0 Å². The number of aliphatic hydroxyl groups excluding tert-OH is 1. The summed E-state index contributed by atoms with van der Waals surface area (Å²) in [4.78, 5) is 2.36. The molecule has 2 unspecified atom stereocenters. The lowest BCUT2D eigenvalue weighted by Crippen LogP contribution is -2.37. The van der Waals surface area contributed by atoms with Crippen molar-refractivity contribution in [2.75, 3.05) is 24.5 Å². The van der Waals surface area contributed by atoms with Crippen LogP contribution >= 0.6 is 0 Å². The van der Waals surface area contributed by atoms with Gasteiger partial charge in [-0.3, -0.25) is 0 Å². The Morgan fingerprint density at radius 1 is 1.35 bits per heavy atom. The highest BCUT2D eigenvalue weighted by molar-refractivity contribution is 5.47. The first-order valence-corrected chi connectivity index (χ1v) is 6.42. The molecule has 17 heavy (non-hydrogen) atoms. The summed E-state index contributed by atoms with van der Waals surface area (Å²) in [7, 11) is 0. The van der Waals surface area contributed by atoms with Gasteiger partial charge in [0, 0.05) is 31.4 Å². The first-order chi connectivity index (χ1) is 8.19. The molecule has 2 rings (SSSR count). The Labute approximate surface area is 103 Å². The molecule has 1 aliphatic rings. The molecule has 0 saturated carbocycles. The van der Waals surface area contributed by atoms with Gasteiger partial charge < -0.3 is 15.3 Å². The molecular formula is C14H22N2O. The number of hydrogen-bond acceptors (Lipinski definition) is 3. The van der Waals surface area contributed by atoms with E-state index in [0.29, 0.717) is 6.04 Å². The van der Waals surface area contributed by atoms with Gasteiger partial charge in [0.2, 0.25) is 0 Å². The number of hydrogen-bond donors (Lipinski definition) is 2. The molecule has 0 amide bonds. The number of aryl methyl sites for hydroxylation is 1. The quantitative estimate of drug-likeness (QED) is 0.829. The SMILES string of the molecule is CCN(CC1CC(O)CN1)c1ccc(C)cc1. The van der Waals surface area contributed by atoms with Crippen molar-refractivity contribution in [2.45, 2.75) is 32.4 Å². The van der Waals surface area contributed by atoms with Crippen molar-refractivity contribution in [1.82, 2.24) is 5.32 Å². The lowest BCUT2D eigenvalue weighted by atomic mass is 10.1. The number of rotatable bonds is 4. The van der Waals surface area contributed by atoms with Crippen LogP contribution in [0.2, 0.25) is 0 Å². The highest BCUT2D eigenvalue weighted by atomic mass is 16.3. The van der Waals surface area contributed by atoms with Crippen molar-refractivity contribution in [2.24, 2.45) is 0 Å². The predicted molar refractivity (Wildman–Crippen MR) is 71.5 cm³/mol. The van der Waals surface area contributed by atoms with Gasteiger partial charge >= 0.3 is 0 Å². The van der Waals surface area contributed by atoms with Gasteiger partial charge in [0.05, 0.1) is 6.10 Å². The zero-order chi connectivity index (χ0) is 12.3. The second-order valence-corrected chi connectivity index (χ2v) is 4.87. The zero-order valence-electron chi connectivity index (χ0n) is 10.7. The zero-order valence-corrected chi connectivity index (χ0v) is 10.7. The van der Waals surface area contributed by atoms with Crippen LogP contribution < -0.4 is 10.2 Å². The first-order valence-electron chi connectivity index (χ1n) is 6.42. The number of anilines is 1. The summed E-state index contributed by atoms with van der Waals surface area (Å²) < 4.78 is 0. The average Bonchev–Trinajstić information content (AvgIpc) is 2.73. The van der Waals surface area contributed by atoms with E-state index >= 15 is 0 Å². The second-order valence-electron chi connectivity index (χ2n) is 4.87. The fourth-order valence-corrected chi connectivity index (χ4v) is 2.38. The van der Waals surface area contributed by atoms with Gasteiger partial charge in [0.1, 0.15) is 0 Å². The van der Waals surface area contributed by atoms with Crippen molar-refractivity contribution in [3.8, 4) is 0 Å². The third-order valence-corrected chi connectivity index (χ3v) is 3.42. The molecule has 0 spiro atoms. The smallest absolute Gasteiger partial charge is 0.0680 e.